The highest BCUT2D eigenvalue weighted by atomic mass is 79.9. The molecular weight excluding hydrogens is 402 g/mol. The Labute approximate surface area is 159 Å². The van der Waals surface area contributed by atoms with E-state index in [9.17, 15) is 13.6 Å². The third-order valence-electron chi connectivity index (χ3n) is 4.55. The molecule has 0 spiro atoms. The standard InChI is InChI=1S/C20H19BrF2N2O/c1-13(21)11-12-25-14(2)24-20(19(25)26,15-3-7-17(22)8-4-15)16-5-9-18(23)10-6-16/h3-10,13H,11-12H2,1-2H3. The molecule has 1 amide bonds. The molecule has 1 aliphatic heterocycles. The number of nitrogens with zero attached hydrogens (tertiary/aromatic N) is 2. The minimum absolute atomic E-state index is 0.207. The molecule has 1 unspecified atom stereocenters. The molecule has 1 aliphatic rings. The number of benzene rings is 2. The van der Waals surface area contributed by atoms with Gasteiger partial charge in [0.25, 0.3) is 5.91 Å². The van der Waals surface area contributed by atoms with Crippen LogP contribution in [-0.2, 0) is 10.3 Å². The fraction of sp³-hybridized carbons (Fsp3) is 0.300. The van der Waals surface area contributed by atoms with Crippen LogP contribution >= 0.6 is 15.9 Å². The first-order chi connectivity index (χ1) is 12.3. The Morgan fingerprint density at radius 2 is 1.50 bits per heavy atom. The summed E-state index contributed by atoms with van der Waals surface area (Å²) in [5, 5.41) is 0. The molecule has 3 rings (SSSR count). The number of carbonyl (C=O) groups excluding carboxylic acids is 1. The molecule has 0 fully saturated rings. The lowest BCUT2D eigenvalue weighted by Gasteiger charge is -2.27. The van der Waals surface area contributed by atoms with Crippen LogP contribution in [0.3, 0.4) is 0 Å². The van der Waals surface area contributed by atoms with Crippen LogP contribution in [0, 0.1) is 11.6 Å². The van der Waals surface area contributed by atoms with Gasteiger partial charge in [0.1, 0.15) is 17.5 Å². The molecule has 0 bridgehead atoms. The zero-order valence-electron chi connectivity index (χ0n) is 14.5. The summed E-state index contributed by atoms with van der Waals surface area (Å²) in [6.07, 6.45) is 0.765. The normalized spacial score (nSPS) is 17.3. The van der Waals surface area contributed by atoms with E-state index in [-0.39, 0.29) is 22.4 Å². The van der Waals surface area contributed by atoms with E-state index in [0.717, 1.165) is 6.42 Å². The fourth-order valence-corrected chi connectivity index (χ4v) is 3.39. The molecule has 0 radical (unpaired) electrons. The minimum Gasteiger partial charge on any atom is -0.298 e. The van der Waals surface area contributed by atoms with Gasteiger partial charge in [0.05, 0.1) is 0 Å². The number of amides is 1. The third kappa shape index (κ3) is 3.30. The van der Waals surface area contributed by atoms with Crippen LogP contribution in [0.25, 0.3) is 0 Å². The van der Waals surface area contributed by atoms with Crippen LogP contribution in [0.4, 0.5) is 8.78 Å². The maximum Gasteiger partial charge on any atom is 0.265 e. The Morgan fingerprint density at radius 3 is 1.92 bits per heavy atom. The zero-order valence-corrected chi connectivity index (χ0v) is 16.1. The SMILES string of the molecule is CC1=NC(c2ccc(F)cc2)(c2ccc(F)cc2)C(=O)N1CCC(C)Br. The highest BCUT2D eigenvalue weighted by Crippen LogP contribution is 2.40. The first-order valence-electron chi connectivity index (χ1n) is 8.39. The maximum absolute atomic E-state index is 13.4. The van der Waals surface area contributed by atoms with E-state index in [1.165, 1.54) is 24.3 Å². The van der Waals surface area contributed by atoms with E-state index < -0.39 is 5.54 Å². The Hall–Kier alpha value is -2.08. The van der Waals surface area contributed by atoms with Gasteiger partial charge in [-0.3, -0.25) is 9.69 Å². The molecule has 1 heterocycles. The van der Waals surface area contributed by atoms with Gasteiger partial charge in [-0.1, -0.05) is 47.1 Å². The lowest BCUT2D eigenvalue weighted by atomic mass is 9.82. The fourth-order valence-electron chi connectivity index (χ4n) is 3.19. The average Bonchev–Trinajstić information content (AvgIpc) is 2.86. The second kappa shape index (κ2) is 7.27. The maximum atomic E-state index is 13.4. The smallest absolute Gasteiger partial charge is 0.265 e. The van der Waals surface area contributed by atoms with Crippen molar-refractivity contribution in [2.45, 2.75) is 30.6 Å². The number of amidine groups is 1. The second-order valence-electron chi connectivity index (χ2n) is 6.41. The number of alkyl halides is 1. The highest BCUT2D eigenvalue weighted by molar-refractivity contribution is 9.09. The van der Waals surface area contributed by atoms with Crippen molar-refractivity contribution < 1.29 is 13.6 Å². The average molecular weight is 421 g/mol. The molecule has 2 aromatic carbocycles. The van der Waals surface area contributed by atoms with E-state index in [2.05, 4.69) is 15.9 Å². The number of carbonyl (C=O) groups is 1. The number of hydrogen-bond donors (Lipinski definition) is 0. The van der Waals surface area contributed by atoms with E-state index >= 15 is 0 Å². The van der Waals surface area contributed by atoms with E-state index in [1.807, 2.05) is 6.92 Å². The molecule has 1 atom stereocenters. The van der Waals surface area contributed by atoms with Crippen molar-refractivity contribution in [2.75, 3.05) is 6.54 Å². The second-order valence-corrected chi connectivity index (χ2v) is 7.97. The molecule has 2 aromatic rings. The number of aliphatic imine (C=N–C) groups is 1. The van der Waals surface area contributed by atoms with Crippen molar-refractivity contribution in [3.05, 3.63) is 71.3 Å². The van der Waals surface area contributed by atoms with Crippen molar-refractivity contribution >= 4 is 27.7 Å². The van der Waals surface area contributed by atoms with Gasteiger partial charge >= 0.3 is 0 Å². The Bertz CT molecular complexity index is 786. The van der Waals surface area contributed by atoms with E-state index in [0.29, 0.717) is 23.5 Å². The van der Waals surface area contributed by atoms with E-state index in [4.69, 9.17) is 4.99 Å². The van der Waals surface area contributed by atoms with Crippen LogP contribution in [-0.4, -0.2) is 28.0 Å². The van der Waals surface area contributed by atoms with Crippen LogP contribution in [0.5, 0.6) is 0 Å². The predicted octanol–water partition coefficient (Wildman–Crippen LogP) is 4.64. The van der Waals surface area contributed by atoms with Gasteiger partial charge < -0.3 is 0 Å². The lowest BCUT2D eigenvalue weighted by Crippen LogP contribution is -2.42. The van der Waals surface area contributed by atoms with Crippen LogP contribution in [0.2, 0.25) is 0 Å². The van der Waals surface area contributed by atoms with Gasteiger partial charge in [-0.25, -0.2) is 13.8 Å². The molecule has 0 aliphatic carbocycles. The van der Waals surface area contributed by atoms with Gasteiger partial charge in [-0.05, 0) is 48.7 Å². The van der Waals surface area contributed by atoms with Crippen molar-refractivity contribution in [1.82, 2.24) is 4.90 Å². The molecular formula is C20H19BrF2N2O. The summed E-state index contributed by atoms with van der Waals surface area (Å²) in [7, 11) is 0. The van der Waals surface area contributed by atoms with Gasteiger partial charge in [0.2, 0.25) is 0 Å². The number of halogens is 3. The summed E-state index contributed by atoms with van der Waals surface area (Å²) < 4.78 is 26.9. The van der Waals surface area contributed by atoms with Gasteiger partial charge in [0, 0.05) is 11.4 Å². The number of hydrogen-bond acceptors (Lipinski definition) is 2. The van der Waals surface area contributed by atoms with Gasteiger partial charge in [0.15, 0.2) is 5.54 Å². The molecule has 26 heavy (non-hydrogen) atoms. The molecule has 3 nitrogen and oxygen atoms in total. The minimum atomic E-state index is -1.32. The Kier molecular flexibility index (Phi) is 5.23. The summed E-state index contributed by atoms with van der Waals surface area (Å²) in [5.41, 5.74) is -0.199. The molecule has 0 N–H and O–H groups in total. The summed E-state index contributed by atoms with van der Waals surface area (Å²) in [5.74, 6) is -0.392. The van der Waals surface area contributed by atoms with Crippen molar-refractivity contribution in [3.8, 4) is 0 Å². The highest BCUT2D eigenvalue weighted by Gasteiger charge is 2.49. The summed E-state index contributed by atoms with van der Waals surface area (Å²) in [6, 6.07) is 11.5. The Morgan fingerprint density at radius 1 is 1.04 bits per heavy atom. The molecule has 0 saturated heterocycles. The van der Waals surface area contributed by atoms with Gasteiger partial charge in [-0.2, -0.15) is 0 Å². The van der Waals surface area contributed by atoms with Crippen LogP contribution in [0.1, 0.15) is 31.4 Å². The molecule has 0 saturated carbocycles. The molecule has 0 aromatic heterocycles. The van der Waals surface area contributed by atoms with Gasteiger partial charge in [-0.15, -0.1) is 0 Å². The summed E-state index contributed by atoms with van der Waals surface area (Å²) in [6.45, 7) is 4.32. The predicted molar refractivity (Wildman–Crippen MR) is 101 cm³/mol. The Balaban J connectivity index is 2.12. The topological polar surface area (TPSA) is 32.7 Å². The first kappa shape index (κ1) is 18.7. The lowest BCUT2D eigenvalue weighted by molar-refractivity contribution is -0.130. The largest absolute Gasteiger partial charge is 0.298 e. The first-order valence-corrected chi connectivity index (χ1v) is 9.30. The van der Waals surface area contributed by atoms with Crippen molar-refractivity contribution in [1.29, 1.82) is 0 Å². The summed E-state index contributed by atoms with van der Waals surface area (Å²) in [4.78, 5) is 20.0. The molecule has 136 valence electrons. The zero-order chi connectivity index (χ0) is 18.9. The van der Waals surface area contributed by atoms with Crippen molar-refractivity contribution in [3.63, 3.8) is 0 Å². The quantitative estimate of drug-likeness (QED) is 0.648. The van der Waals surface area contributed by atoms with Crippen molar-refractivity contribution in [2.24, 2.45) is 4.99 Å². The summed E-state index contributed by atoms with van der Waals surface area (Å²) >= 11 is 3.49. The van der Waals surface area contributed by atoms with Crippen LogP contribution in [0.15, 0.2) is 53.5 Å². The third-order valence-corrected chi connectivity index (χ3v) is 5.01. The van der Waals surface area contributed by atoms with Crippen LogP contribution < -0.4 is 0 Å². The van der Waals surface area contributed by atoms with E-state index in [1.54, 1.807) is 36.1 Å². The monoisotopic (exact) mass is 420 g/mol. The number of rotatable bonds is 5. The molecule has 6 heteroatoms.